The Kier molecular flexibility index (Phi) is 5.12. The minimum absolute atomic E-state index is 0.332. The zero-order valence-electron chi connectivity index (χ0n) is 11.0. The van der Waals surface area contributed by atoms with Gasteiger partial charge in [0, 0.05) is 17.7 Å². The molecule has 0 aliphatic heterocycles. The van der Waals surface area contributed by atoms with Crippen LogP contribution in [0.3, 0.4) is 0 Å². The fourth-order valence-electron chi connectivity index (χ4n) is 1.80. The number of hydrogen-bond acceptors (Lipinski definition) is 3. The molecule has 20 heavy (non-hydrogen) atoms. The largest absolute Gasteiger partial charge is 0.497 e. The van der Waals surface area contributed by atoms with Gasteiger partial charge < -0.3 is 15.2 Å². The summed E-state index contributed by atoms with van der Waals surface area (Å²) in [6.45, 7) is 0.703. The fourth-order valence-corrected chi connectivity index (χ4v) is 2.17. The third-order valence-corrected chi connectivity index (χ3v) is 3.76. The van der Waals surface area contributed by atoms with Crippen molar-refractivity contribution in [1.82, 2.24) is 0 Å². The number of methoxy groups -OCH3 is 1. The summed E-state index contributed by atoms with van der Waals surface area (Å²) in [5, 5.41) is 1.03. The Balaban J connectivity index is 2.16. The normalized spacial score (nSPS) is 10.4. The molecule has 2 aromatic carbocycles. The lowest BCUT2D eigenvalue weighted by molar-refractivity contribution is 0.302. The average Bonchev–Trinajstić information content (AvgIpc) is 2.48. The van der Waals surface area contributed by atoms with Crippen LogP contribution in [0, 0.1) is 0 Å². The highest BCUT2D eigenvalue weighted by atomic mass is 35.5. The van der Waals surface area contributed by atoms with Crippen LogP contribution in [0.1, 0.15) is 11.1 Å². The molecule has 0 amide bonds. The zero-order valence-corrected chi connectivity index (χ0v) is 12.5. The Morgan fingerprint density at radius 1 is 1.10 bits per heavy atom. The van der Waals surface area contributed by atoms with Gasteiger partial charge in [-0.15, -0.1) is 0 Å². The molecule has 0 saturated carbocycles. The number of nitrogens with two attached hydrogens (primary N) is 1. The van der Waals surface area contributed by atoms with Crippen molar-refractivity contribution in [3.8, 4) is 11.5 Å². The number of halogens is 2. The van der Waals surface area contributed by atoms with Gasteiger partial charge in [0.2, 0.25) is 0 Å². The van der Waals surface area contributed by atoms with Gasteiger partial charge >= 0.3 is 0 Å². The summed E-state index contributed by atoms with van der Waals surface area (Å²) in [5.74, 6) is 1.46. The zero-order chi connectivity index (χ0) is 14.5. The molecule has 3 nitrogen and oxygen atoms in total. The van der Waals surface area contributed by atoms with Gasteiger partial charge in [0.1, 0.15) is 18.1 Å². The fraction of sp³-hybridized carbons (Fsp3) is 0.200. The van der Waals surface area contributed by atoms with Crippen molar-refractivity contribution in [2.75, 3.05) is 7.11 Å². The van der Waals surface area contributed by atoms with Gasteiger partial charge in [0.15, 0.2) is 0 Å². The molecule has 0 unspecified atom stereocenters. The maximum atomic E-state index is 6.12. The molecule has 0 saturated heterocycles. The van der Waals surface area contributed by atoms with E-state index in [0.717, 1.165) is 16.9 Å². The lowest BCUT2D eigenvalue weighted by atomic mass is 10.2. The van der Waals surface area contributed by atoms with Gasteiger partial charge in [-0.2, -0.15) is 0 Å². The molecule has 0 aliphatic rings. The van der Waals surface area contributed by atoms with Crippen molar-refractivity contribution in [2.24, 2.45) is 5.73 Å². The van der Waals surface area contributed by atoms with Crippen molar-refractivity contribution >= 4 is 23.2 Å². The Bertz CT molecular complexity index is 602. The molecule has 0 aromatic heterocycles. The van der Waals surface area contributed by atoms with Crippen molar-refractivity contribution in [3.05, 3.63) is 57.6 Å². The van der Waals surface area contributed by atoms with Crippen molar-refractivity contribution < 1.29 is 9.47 Å². The number of rotatable bonds is 5. The Morgan fingerprint density at radius 3 is 2.60 bits per heavy atom. The van der Waals surface area contributed by atoms with Gasteiger partial charge in [0.25, 0.3) is 0 Å². The Morgan fingerprint density at radius 2 is 1.90 bits per heavy atom. The van der Waals surface area contributed by atoms with Crippen LogP contribution in [-0.4, -0.2) is 7.11 Å². The molecule has 2 rings (SSSR count). The molecule has 2 aromatic rings. The van der Waals surface area contributed by atoms with E-state index >= 15 is 0 Å². The van der Waals surface area contributed by atoms with Crippen LogP contribution < -0.4 is 15.2 Å². The maximum absolute atomic E-state index is 6.12. The molecule has 0 radical (unpaired) electrons. The van der Waals surface area contributed by atoms with Crippen LogP contribution in [0.5, 0.6) is 11.5 Å². The van der Waals surface area contributed by atoms with E-state index in [2.05, 4.69) is 0 Å². The topological polar surface area (TPSA) is 44.5 Å². The van der Waals surface area contributed by atoms with E-state index in [1.54, 1.807) is 13.2 Å². The summed E-state index contributed by atoms with van der Waals surface area (Å²) in [7, 11) is 1.61. The summed E-state index contributed by atoms with van der Waals surface area (Å²) < 4.78 is 10.9. The van der Waals surface area contributed by atoms with Gasteiger partial charge in [-0.1, -0.05) is 35.3 Å². The first-order valence-corrected chi connectivity index (χ1v) is 6.84. The molecule has 2 N–H and O–H groups in total. The molecule has 106 valence electrons. The molecule has 0 fully saturated rings. The van der Waals surface area contributed by atoms with Crippen molar-refractivity contribution in [3.63, 3.8) is 0 Å². The third kappa shape index (κ3) is 3.37. The maximum Gasteiger partial charge on any atom is 0.124 e. The highest BCUT2D eigenvalue weighted by Gasteiger charge is 2.08. The molecule has 0 atom stereocenters. The molecular formula is C15H15Cl2NO2. The molecule has 0 aliphatic carbocycles. The van der Waals surface area contributed by atoms with E-state index in [9.17, 15) is 0 Å². The van der Waals surface area contributed by atoms with Crippen molar-refractivity contribution in [2.45, 2.75) is 13.2 Å². The SMILES string of the molecule is COc1ccc(OCc2cccc(Cl)c2Cl)c(CN)c1. The Labute approximate surface area is 128 Å². The summed E-state index contributed by atoms with van der Waals surface area (Å²) in [6.07, 6.45) is 0. The lowest BCUT2D eigenvalue weighted by Crippen LogP contribution is -2.03. The highest BCUT2D eigenvalue weighted by Crippen LogP contribution is 2.28. The van der Waals surface area contributed by atoms with Gasteiger partial charge in [0.05, 0.1) is 17.2 Å². The highest BCUT2D eigenvalue weighted by molar-refractivity contribution is 6.42. The van der Waals surface area contributed by atoms with Gasteiger partial charge in [-0.05, 0) is 24.3 Å². The van der Waals surface area contributed by atoms with Crippen LogP contribution >= 0.6 is 23.2 Å². The molecular weight excluding hydrogens is 297 g/mol. The third-order valence-electron chi connectivity index (χ3n) is 2.90. The van der Waals surface area contributed by atoms with Gasteiger partial charge in [-0.3, -0.25) is 0 Å². The second-order valence-corrected chi connectivity index (χ2v) is 4.96. The van der Waals surface area contributed by atoms with E-state index in [-0.39, 0.29) is 0 Å². The molecule has 0 heterocycles. The number of ether oxygens (including phenoxy) is 2. The summed E-state index contributed by atoms with van der Waals surface area (Å²) in [4.78, 5) is 0. The summed E-state index contributed by atoms with van der Waals surface area (Å²) in [6, 6.07) is 11.0. The standard InChI is InChI=1S/C15H15Cl2NO2/c1-19-12-5-6-14(11(7-12)8-18)20-9-10-3-2-4-13(16)15(10)17/h2-7H,8-9,18H2,1H3. The van der Waals surface area contributed by atoms with E-state index in [0.29, 0.717) is 28.9 Å². The van der Waals surface area contributed by atoms with Crippen LogP contribution in [0.15, 0.2) is 36.4 Å². The first-order chi connectivity index (χ1) is 9.65. The minimum atomic E-state index is 0.332. The lowest BCUT2D eigenvalue weighted by Gasteiger charge is -2.13. The predicted octanol–water partition coefficient (Wildman–Crippen LogP) is 4.04. The number of benzene rings is 2. The summed E-state index contributed by atoms with van der Waals surface area (Å²) >= 11 is 12.1. The van der Waals surface area contributed by atoms with E-state index < -0.39 is 0 Å². The quantitative estimate of drug-likeness (QED) is 0.906. The number of hydrogen-bond donors (Lipinski definition) is 1. The van der Waals surface area contributed by atoms with E-state index in [4.69, 9.17) is 38.4 Å². The van der Waals surface area contributed by atoms with E-state index in [1.807, 2.05) is 30.3 Å². The monoisotopic (exact) mass is 311 g/mol. The smallest absolute Gasteiger partial charge is 0.124 e. The average molecular weight is 312 g/mol. The second-order valence-electron chi connectivity index (χ2n) is 4.18. The van der Waals surface area contributed by atoms with Gasteiger partial charge in [-0.25, -0.2) is 0 Å². The minimum Gasteiger partial charge on any atom is -0.497 e. The predicted molar refractivity (Wildman–Crippen MR) is 81.7 cm³/mol. The second kappa shape index (κ2) is 6.84. The van der Waals surface area contributed by atoms with Crippen LogP contribution in [0.25, 0.3) is 0 Å². The first kappa shape index (κ1) is 15.0. The first-order valence-electron chi connectivity index (χ1n) is 6.08. The Hall–Kier alpha value is -1.42. The molecule has 5 heteroatoms. The van der Waals surface area contributed by atoms with Crippen LogP contribution in [-0.2, 0) is 13.2 Å². The van der Waals surface area contributed by atoms with Crippen LogP contribution in [0.4, 0.5) is 0 Å². The van der Waals surface area contributed by atoms with Crippen LogP contribution in [0.2, 0.25) is 10.0 Å². The van der Waals surface area contributed by atoms with Crippen molar-refractivity contribution in [1.29, 1.82) is 0 Å². The summed E-state index contributed by atoms with van der Waals surface area (Å²) in [5.41, 5.74) is 7.42. The van der Waals surface area contributed by atoms with E-state index in [1.165, 1.54) is 0 Å². The molecule has 0 bridgehead atoms. The molecule has 0 spiro atoms.